The van der Waals surface area contributed by atoms with E-state index in [1.807, 2.05) is 18.2 Å². The van der Waals surface area contributed by atoms with Gasteiger partial charge in [0.25, 0.3) is 5.91 Å². The Morgan fingerprint density at radius 3 is 2.61 bits per heavy atom. The lowest BCUT2D eigenvalue weighted by molar-refractivity contribution is 0.102. The number of rotatable bonds is 4. The first-order valence-electron chi connectivity index (χ1n) is 6.93. The van der Waals surface area contributed by atoms with Gasteiger partial charge in [-0.05, 0) is 36.4 Å². The molecule has 1 amide bonds. The molecule has 116 valence electrons. The molecule has 0 spiro atoms. The maximum Gasteiger partial charge on any atom is 0.273 e. The first kappa shape index (κ1) is 15.1. The zero-order valence-corrected chi connectivity index (χ0v) is 13.1. The van der Waals surface area contributed by atoms with Gasteiger partial charge in [-0.2, -0.15) is 5.10 Å². The Hall–Kier alpha value is -2.79. The molecule has 1 heterocycles. The molecule has 1 aromatic heterocycles. The van der Waals surface area contributed by atoms with Gasteiger partial charge in [0.15, 0.2) is 0 Å². The highest BCUT2D eigenvalue weighted by Gasteiger charge is 2.13. The summed E-state index contributed by atoms with van der Waals surface area (Å²) in [7, 11) is 1.59. The third kappa shape index (κ3) is 3.35. The van der Waals surface area contributed by atoms with Gasteiger partial charge in [-0.1, -0.05) is 29.8 Å². The fourth-order valence-electron chi connectivity index (χ4n) is 2.12. The van der Waals surface area contributed by atoms with Crippen LogP contribution in [0.2, 0.25) is 5.02 Å². The van der Waals surface area contributed by atoms with E-state index in [4.69, 9.17) is 16.3 Å². The van der Waals surface area contributed by atoms with E-state index in [0.717, 1.165) is 11.3 Å². The lowest BCUT2D eigenvalue weighted by Crippen LogP contribution is -2.12. The van der Waals surface area contributed by atoms with Crippen LogP contribution >= 0.6 is 11.6 Å². The number of aromatic amines is 1. The van der Waals surface area contributed by atoms with Crippen LogP contribution in [0.25, 0.3) is 11.3 Å². The number of amides is 1. The van der Waals surface area contributed by atoms with Gasteiger partial charge in [-0.25, -0.2) is 0 Å². The first-order chi connectivity index (χ1) is 11.2. The second kappa shape index (κ2) is 6.54. The van der Waals surface area contributed by atoms with Crippen molar-refractivity contribution in [2.45, 2.75) is 0 Å². The maximum absolute atomic E-state index is 12.3. The minimum Gasteiger partial charge on any atom is -0.497 e. The van der Waals surface area contributed by atoms with Crippen LogP contribution in [0.15, 0.2) is 54.6 Å². The molecule has 2 aromatic carbocycles. The Balaban J connectivity index is 1.77. The molecule has 0 aliphatic carbocycles. The van der Waals surface area contributed by atoms with E-state index < -0.39 is 0 Å². The van der Waals surface area contributed by atoms with Crippen molar-refractivity contribution in [1.29, 1.82) is 0 Å². The smallest absolute Gasteiger partial charge is 0.273 e. The molecule has 0 saturated heterocycles. The van der Waals surface area contributed by atoms with Crippen molar-refractivity contribution in [3.63, 3.8) is 0 Å². The summed E-state index contributed by atoms with van der Waals surface area (Å²) in [6.07, 6.45) is 0. The van der Waals surface area contributed by atoms with E-state index in [2.05, 4.69) is 15.5 Å². The van der Waals surface area contributed by atoms with Crippen LogP contribution in [-0.2, 0) is 0 Å². The summed E-state index contributed by atoms with van der Waals surface area (Å²) in [5.41, 5.74) is 2.42. The number of aromatic nitrogens is 2. The molecular weight excluding hydrogens is 314 g/mol. The molecule has 0 unspecified atom stereocenters. The highest BCUT2D eigenvalue weighted by molar-refractivity contribution is 6.33. The molecule has 0 radical (unpaired) electrons. The normalized spacial score (nSPS) is 10.3. The summed E-state index contributed by atoms with van der Waals surface area (Å²) in [6, 6.07) is 16.1. The zero-order valence-electron chi connectivity index (χ0n) is 12.3. The number of hydrogen-bond acceptors (Lipinski definition) is 3. The van der Waals surface area contributed by atoms with Crippen LogP contribution in [0, 0.1) is 0 Å². The molecule has 23 heavy (non-hydrogen) atoms. The van der Waals surface area contributed by atoms with Gasteiger partial charge < -0.3 is 10.1 Å². The van der Waals surface area contributed by atoms with E-state index in [1.54, 1.807) is 43.5 Å². The van der Waals surface area contributed by atoms with Gasteiger partial charge in [0.1, 0.15) is 11.4 Å². The Labute approximate surface area is 138 Å². The van der Waals surface area contributed by atoms with Gasteiger partial charge in [0.05, 0.1) is 17.8 Å². The Kier molecular flexibility index (Phi) is 4.30. The quantitative estimate of drug-likeness (QED) is 0.761. The first-order valence-corrected chi connectivity index (χ1v) is 7.31. The van der Waals surface area contributed by atoms with E-state index in [9.17, 15) is 4.79 Å². The van der Waals surface area contributed by atoms with Gasteiger partial charge in [-0.15, -0.1) is 0 Å². The topological polar surface area (TPSA) is 67.0 Å². The van der Waals surface area contributed by atoms with Gasteiger partial charge >= 0.3 is 0 Å². The largest absolute Gasteiger partial charge is 0.497 e. The predicted octanol–water partition coefficient (Wildman–Crippen LogP) is 3.99. The third-order valence-electron chi connectivity index (χ3n) is 3.32. The average Bonchev–Trinajstić information content (AvgIpc) is 3.06. The lowest BCUT2D eigenvalue weighted by Gasteiger charge is -2.04. The van der Waals surface area contributed by atoms with E-state index in [-0.39, 0.29) is 5.91 Å². The molecule has 0 bridgehead atoms. The number of benzene rings is 2. The van der Waals surface area contributed by atoms with Gasteiger partial charge in [0, 0.05) is 11.3 Å². The summed E-state index contributed by atoms with van der Waals surface area (Å²) >= 11 is 6.14. The van der Waals surface area contributed by atoms with Crippen molar-refractivity contribution < 1.29 is 9.53 Å². The molecule has 0 fully saturated rings. The van der Waals surface area contributed by atoms with Crippen molar-refractivity contribution in [3.05, 3.63) is 65.3 Å². The summed E-state index contributed by atoms with van der Waals surface area (Å²) in [6.45, 7) is 0. The minimum atomic E-state index is -0.277. The number of H-pyrrole nitrogens is 1. The monoisotopic (exact) mass is 327 g/mol. The zero-order chi connectivity index (χ0) is 16.2. The molecule has 0 saturated carbocycles. The SMILES string of the molecule is COc1ccc(NC(=O)c2cc(-c3ccccc3Cl)n[nH]2)cc1. The molecular formula is C17H14ClN3O2. The number of anilines is 1. The number of nitrogens with one attached hydrogen (secondary N) is 2. The summed E-state index contributed by atoms with van der Waals surface area (Å²) in [4.78, 5) is 12.3. The number of nitrogens with zero attached hydrogens (tertiary/aromatic N) is 1. The Bertz CT molecular complexity index is 828. The third-order valence-corrected chi connectivity index (χ3v) is 3.65. The maximum atomic E-state index is 12.3. The number of methoxy groups -OCH3 is 1. The van der Waals surface area contributed by atoms with Crippen molar-refractivity contribution in [2.75, 3.05) is 12.4 Å². The van der Waals surface area contributed by atoms with Crippen molar-refractivity contribution >= 4 is 23.2 Å². The molecule has 0 aliphatic heterocycles. The molecule has 3 aromatic rings. The van der Waals surface area contributed by atoms with E-state index >= 15 is 0 Å². The number of ether oxygens (including phenoxy) is 1. The second-order valence-corrected chi connectivity index (χ2v) is 5.24. The summed E-state index contributed by atoms with van der Waals surface area (Å²) < 4.78 is 5.08. The van der Waals surface area contributed by atoms with Crippen LogP contribution in [0.5, 0.6) is 5.75 Å². The molecule has 3 rings (SSSR count). The Morgan fingerprint density at radius 2 is 1.91 bits per heavy atom. The molecule has 5 nitrogen and oxygen atoms in total. The highest BCUT2D eigenvalue weighted by atomic mass is 35.5. The van der Waals surface area contributed by atoms with Crippen LogP contribution < -0.4 is 10.1 Å². The number of hydrogen-bond donors (Lipinski definition) is 2. The summed E-state index contributed by atoms with van der Waals surface area (Å²) in [5.74, 6) is 0.450. The van der Waals surface area contributed by atoms with Crippen molar-refractivity contribution in [1.82, 2.24) is 10.2 Å². The van der Waals surface area contributed by atoms with Crippen LogP contribution in [0.1, 0.15) is 10.5 Å². The van der Waals surface area contributed by atoms with Crippen molar-refractivity contribution in [2.24, 2.45) is 0 Å². The van der Waals surface area contributed by atoms with Gasteiger partial charge in [-0.3, -0.25) is 9.89 Å². The van der Waals surface area contributed by atoms with E-state index in [0.29, 0.717) is 22.1 Å². The van der Waals surface area contributed by atoms with Crippen LogP contribution in [-0.4, -0.2) is 23.2 Å². The van der Waals surface area contributed by atoms with Crippen LogP contribution in [0.3, 0.4) is 0 Å². The number of halogens is 1. The average molecular weight is 328 g/mol. The highest BCUT2D eigenvalue weighted by Crippen LogP contribution is 2.26. The van der Waals surface area contributed by atoms with Crippen molar-refractivity contribution in [3.8, 4) is 17.0 Å². The van der Waals surface area contributed by atoms with Crippen LogP contribution in [0.4, 0.5) is 5.69 Å². The molecule has 0 aliphatic rings. The van der Waals surface area contributed by atoms with E-state index in [1.165, 1.54) is 0 Å². The standard InChI is InChI=1S/C17H14ClN3O2/c1-23-12-8-6-11(7-9-12)19-17(22)16-10-15(20-21-16)13-4-2-3-5-14(13)18/h2-10H,1H3,(H,19,22)(H,20,21). The number of carbonyl (C=O) groups is 1. The van der Waals surface area contributed by atoms with Gasteiger partial charge in [0.2, 0.25) is 0 Å². The second-order valence-electron chi connectivity index (χ2n) is 4.83. The fourth-order valence-corrected chi connectivity index (χ4v) is 2.35. The lowest BCUT2D eigenvalue weighted by atomic mass is 10.1. The molecule has 0 atom stereocenters. The Morgan fingerprint density at radius 1 is 1.17 bits per heavy atom. The number of carbonyl (C=O) groups excluding carboxylic acids is 1. The predicted molar refractivity (Wildman–Crippen MR) is 90.0 cm³/mol. The molecule has 6 heteroatoms. The fraction of sp³-hybridized carbons (Fsp3) is 0.0588. The minimum absolute atomic E-state index is 0.277. The molecule has 2 N–H and O–H groups in total. The summed E-state index contributed by atoms with van der Waals surface area (Å²) in [5, 5.41) is 10.3.